The van der Waals surface area contributed by atoms with Crippen LogP contribution in [0, 0.1) is 17.8 Å². The van der Waals surface area contributed by atoms with Crippen molar-refractivity contribution in [3.8, 4) is 0 Å². The Morgan fingerprint density at radius 2 is 1.41 bits per heavy atom. The van der Waals surface area contributed by atoms with Crippen LogP contribution in [0.3, 0.4) is 0 Å². The third-order valence-electron chi connectivity index (χ3n) is 3.92. The Bertz CT molecular complexity index is 965. The van der Waals surface area contributed by atoms with Gasteiger partial charge in [-0.15, -0.1) is 0 Å². The maximum absolute atomic E-state index is 12.8. The number of aromatic nitrogens is 2. The van der Waals surface area contributed by atoms with Crippen molar-refractivity contribution in [1.29, 1.82) is 0 Å². The molecule has 1 N–H and O–H groups in total. The van der Waals surface area contributed by atoms with E-state index in [9.17, 15) is 23.7 Å². The van der Waals surface area contributed by atoms with Crippen molar-refractivity contribution in [3.05, 3.63) is 32.6 Å². The second kappa shape index (κ2) is 12.4. The first-order valence-electron chi connectivity index (χ1n) is 10.3. The maximum Gasteiger partial charge on any atom is 0.480 e. The Kier molecular flexibility index (Phi) is 10.8. The highest BCUT2D eigenvalue weighted by Gasteiger charge is 2.31. The molecule has 0 amide bonds. The van der Waals surface area contributed by atoms with E-state index in [2.05, 4.69) is 4.98 Å². The van der Waals surface area contributed by atoms with Gasteiger partial charge in [-0.3, -0.25) is 28.5 Å². The Morgan fingerprint density at radius 1 is 0.912 bits per heavy atom. The maximum atomic E-state index is 12.8. The quantitative estimate of drug-likeness (QED) is 0.190. The number of hydrogen-bond donors (Lipinski definition) is 1. The number of phosphoric acid groups is 1. The molecule has 1 aromatic heterocycles. The van der Waals surface area contributed by atoms with Gasteiger partial charge in [0.15, 0.2) is 0 Å². The number of nitrogens with zero attached hydrogens (tertiary/aromatic N) is 1. The SMILES string of the molecule is Cc1cn(COCCOP(=O)(OCOC(=O)C(C)(C)C)OCOC(=O)C(C)(C)C)c(=O)[nH]c1=O. The fourth-order valence-corrected chi connectivity index (χ4v) is 2.80. The number of rotatable bonds is 12. The van der Waals surface area contributed by atoms with Crippen molar-refractivity contribution in [2.24, 2.45) is 10.8 Å². The normalized spacial score (nSPS) is 12.4. The summed E-state index contributed by atoms with van der Waals surface area (Å²) < 4.78 is 44.2. The molecule has 0 radical (unpaired) electrons. The number of aromatic amines is 1. The van der Waals surface area contributed by atoms with Crippen LogP contribution in [0.15, 0.2) is 15.8 Å². The van der Waals surface area contributed by atoms with Gasteiger partial charge in [-0.05, 0) is 48.5 Å². The lowest BCUT2D eigenvalue weighted by Crippen LogP contribution is -2.31. The predicted molar refractivity (Wildman–Crippen MR) is 119 cm³/mol. The van der Waals surface area contributed by atoms with Crippen LogP contribution < -0.4 is 11.2 Å². The molecule has 1 heterocycles. The molecule has 1 rings (SSSR count). The molecule has 0 saturated carbocycles. The molecule has 0 fully saturated rings. The molecule has 14 heteroatoms. The third kappa shape index (κ3) is 10.3. The number of carbonyl (C=O) groups excluding carboxylic acids is 2. The van der Waals surface area contributed by atoms with Gasteiger partial charge in [-0.25, -0.2) is 18.4 Å². The zero-order chi connectivity index (χ0) is 26.2. The zero-order valence-electron chi connectivity index (χ0n) is 20.5. The minimum absolute atomic E-state index is 0.148. The standard InChI is InChI=1S/C20H33N2O11P/c1-14-10-22(18(26)21-15(14)23)11-28-8-9-31-34(27,32-12-29-16(24)19(2,3)4)33-13-30-17(25)20(5,6)7/h10H,8-9,11-13H2,1-7H3,(H,21,23,26). The molecule has 194 valence electrons. The lowest BCUT2D eigenvalue weighted by molar-refractivity contribution is -0.163. The molecule has 0 aromatic carbocycles. The number of hydrogen-bond acceptors (Lipinski definition) is 11. The van der Waals surface area contributed by atoms with Gasteiger partial charge in [0.25, 0.3) is 5.56 Å². The average Bonchev–Trinajstić information content (AvgIpc) is 2.69. The summed E-state index contributed by atoms with van der Waals surface area (Å²) in [6.07, 6.45) is 1.33. The second-order valence-electron chi connectivity index (χ2n) is 9.22. The first-order valence-corrected chi connectivity index (χ1v) is 11.8. The molecule has 0 bridgehead atoms. The van der Waals surface area contributed by atoms with E-state index in [4.69, 9.17) is 27.8 Å². The number of ether oxygens (including phenoxy) is 3. The topological polar surface area (TPSA) is 161 Å². The van der Waals surface area contributed by atoms with Crippen molar-refractivity contribution >= 4 is 19.8 Å². The largest absolute Gasteiger partial charge is 0.480 e. The van der Waals surface area contributed by atoms with E-state index in [-0.39, 0.29) is 19.9 Å². The molecule has 34 heavy (non-hydrogen) atoms. The number of nitrogens with one attached hydrogen (secondary N) is 1. The van der Waals surface area contributed by atoms with Crippen LogP contribution in [0.2, 0.25) is 0 Å². The van der Waals surface area contributed by atoms with Crippen LogP contribution in [-0.4, -0.2) is 48.3 Å². The minimum atomic E-state index is -4.32. The molecule has 0 atom stereocenters. The van der Waals surface area contributed by atoms with Gasteiger partial charge in [0.05, 0.1) is 24.0 Å². The first-order chi connectivity index (χ1) is 15.5. The number of aryl methyl sites for hydroxylation is 1. The molecule has 0 saturated heterocycles. The van der Waals surface area contributed by atoms with Gasteiger partial charge in [0.1, 0.15) is 6.73 Å². The van der Waals surface area contributed by atoms with Gasteiger partial charge in [0, 0.05) is 11.8 Å². The van der Waals surface area contributed by atoms with Crippen molar-refractivity contribution < 1.29 is 41.9 Å². The van der Waals surface area contributed by atoms with Crippen LogP contribution in [0.1, 0.15) is 47.1 Å². The van der Waals surface area contributed by atoms with Crippen LogP contribution in [-0.2, 0) is 48.7 Å². The van der Waals surface area contributed by atoms with E-state index in [0.717, 1.165) is 4.57 Å². The van der Waals surface area contributed by atoms with Crippen molar-refractivity contribution in [1.82, 2.24) is 9.55 Å². The van der Waals surface area contributed by atoms with E-state index >= 15 is 0 Å². The summed E-state index contributed by atoms with van der Waals surface area (Å²) in [5.74, 6) is -1.22. The lowest BCUT2D eigenvalue weighted by atomic mass is 9.98. The van der Waals surface area contributed by atoms with E-state index < -0.39 is 55.4 Å². The van der Waals surface area contributed by atoms with E-state index in [1.807, 2.05) is 0 Å². The number of H-pyrrole nitrogens is 1. The summed E-state index contributed by atoms with van der Waals surface area (Å²) in [6, 6.07) is 0. The van der Waals surface area contributed by atoms with Crippen molar-refractivity contribution in [3.63, 3.8) is 0 Å². The summed E-state index contributed by atoms with van der Waals surface area (Å²) in [4.78, 5) is 49.0. The summed E-state index contributed by atoms with van der Waals surface area (Å²) >= 11 is 0. The number of carbonyl (C=O) groups is 2. The van der Waals surface area contributed by atoms with E-state index in [0.29, 0.717) is 5.56 Å². The highest BCUT2D eigenvalue weighted by molar-refractivity contribution is 7.48. The minimum Gasteiger partial charge on any atom is -0.437 e. The second-order valence-corrected chi connectivity index (χ2v) is 10.9. The fourth-order valence-electron chi connectivity index (χ4n) is 1.92. The van der Waals surface area contributed by atoms with E-state index in [1.54, 1.807) is 41.5 Å². The van der Waals surface area contributed by atoms with Gasteiger partial charge >= 0.3 is 25.5 Å². The molecular formula is C20H33N2O11P. The van der Waals surface area contributed by atoms with E-state index in [1.165, 1.54) is 13.1 Å². The Labute approximate surface area is 197 Å². The summed E-state index contributed by atoms with van der Waals surface area (Å²) in [6.45, 7) is 9.16. The molecule has 13 nitrogen and oxygen atoms in total. The van der Waals surface area contributed by atoms with Crippen LogP contribution >= 0.6 is 7.82 Å². The van der Waals surface area contributed by atoms with Gasteiger partial charge in [-0.2, -0.15) is 0 Å². The average molecular weight is 508 g/mol. The number of phosphoric ester groups is 1. The van der Waals surface area contributed by atoms with Crippen LogP contribution in [0.4, 0.5) is 0 Å². The van der Waals surface area contributed by atoms with Crippen molar-refractivity contribution in [2.45, 2.75) is 55.2 Å². The third-order valence-corrected chi connectivity index (χ3v) is 5.26. The Morgan fingerprint density at radius 3 is 1.88 bits per heavy atom. The zero-order valence-corrected chi connectivity index (χ0v) is 21.4. The molecule has 0 unspecified atom stereocenters. The molecule has 0 aliphatic rings. The van der Waals surface area contributed by atoms with Gasteiger partial charge in [0.2, 0.25) is 13.6 Å². The highest BCUT2D eigenvalue weighted by Crippen LogP contribution is 2.49. The monoisotopic (exact) mass is 508 g/mol. The summed E-state index contributed by atoms with van der Waals surface area (Å²) in [7, 11) is -4.32. The predicted octanol–water partition coefficient (Wildman–Crippen LogP) is 2.07. The molecule has 0 aliphatic carbocycles. The molecule has 1 aromatic rings. The fraction of sp³-hybridized carbons (Fsp3) is 0.700. The van der Waals surface area contributed by atoms with Crippen LogP contribution in [0.25, 0.3) is 0 Å². The lowest BCUT2D eigenvalue weighted by Gasteiger charge is -2.21. The smallest absolute Gasteiger partial charge is 0.437 e. The van der Waals surface area contributed by atoms with Gasteiger partial charge in [-0.1, -0.05) is 0 Å². The Hall–Kier alpha value is -2.31. The molecular weight excluding hydrogens is 475 g/mol. The van der Waals surface area contributed by atoms with Crippen LogP contribution in [0.5, 0.6) is 0 Å². The molecule has 0 aliphatic heterocycles. The number of esters is 2. The Balaban J connectivity index is 2.64. The summed E-state index contributed by atoms with van der Waals surface area (Å²) in [5, 5.41) is 0. The van der Waals surface area contributed by atoms with Gasteiger partial charge < -0.3 is 14.2 Å². The summed E-state index contributed by atoms with van der Waals surface area (Å²) in [5.41, 5.74) is -2.47. The first kappa shape index (κ1) is 29.7. The molecule has 0 spiro atoms. The van der Waals surface area contributed by atoms with Crippen molar-refractivity contribution in [2.75, 3.05) is 26.8 Å². The highest BCUT2D eigenvalue weighted by atomic mass is 31.2.